The SMILES string of the molecule is N#CC(CS(=O)c1ccc2c(c1)CCC2)C(F)(F)F. The quantitative estimate of drug-likeness (QED) is 0.857. The van der Waals surface area contributed by atoms with E-state index in [0.717, 1.165) is 24.8 Å². The Hall–Kier alpha value is -1.35. The summed E-state index contributed by atoms with van der Waals surface area (Å²) in [6.45, 7) is 0. The zero-order valence-electron chi connectivity index (χ0n) is 10.0. The Bertz CT molecular complexity index is 548. The van der Waals surface area contributed by atoms with Gasteiger partial charge in [-0.25, -0.2) is 0 Å². The van der Waals surface area contributed by atoms with Crippen LogP contribution in [0.1, 0.15) is 17.5 Å². The van der Waals surface area contributed by atoms with Crippen molar-refractivity contribution in [1.29, 1.82) is 5.26 Å². The van der Waals surface area contributed by atoms with Crippen LogP contribution < -0.4 is 0 Å². The summed E-state index contributed by atoms with van der Waals surface area (Å²) < 4.78 is 49.3. The Kier molecular flexibility index (Phi) is 3.95. The van der Waals surface area contributed by atoms with Gasteiger partial charge >= 0.3 is 6.18 Å². The van der Waals surface area contributed by atoms with Gasteiger partial charge in [0.15, 0.2) is 5.92 Å². The summed E-state index contributed by atoms with van der Waals surface area (Å²) in [5.41, 5.74) is 2.24. The second-order valence-electron chi connectivity index (χ2n) is 4.52. The van der Waals surface area contributed by atoms with Crippen LogP contribution in [0.4, 0.5) is 13.2 Å². The van der Waals surface area contributed by atoms with E-state index in [9.17, 15) is 17.4 Å². The van der Waals surface area contributed by atoms with Crippen molar-refractivity contribution in [1.82, 2.24) is 0 Å². The van der Waals surface area contributed by atoms with Gasteiger partial charge in [0.1, 0.15) is 0 Å². The van der Waals surface area contributed by atoms with E-state index < -0.39 is 28.6 Å². The van der Waals surface area contributed by atoms with E-state index in [1.165, 1.54) is 11.6 Å². The van der Waals surface area contributed by atoms with Crippen LogP contribution in [0.25, 0.3) is 0 Å². The molecule has 0 aliphatic heterocycles. The average Bonchev–Trinajstić information content (AvgIpc) is 2.81. The number of benzene rings is 1. The maximum atomic E-state index is 12.5. The number of alkyl halides is 3. The lowest BCUT2D eigenvalue weighted by molar-refractivity contribution is -0.153. The van der Waals surface area contributed by atoms with Gasteiger partial charge in [-0.05, 0) is 42.5 Å². The van der Waals surface area contributed by atoms with Crippen molar-refractivity contribution < 1.29 is 17.4 Å². The molecule has 0 saturated heterocycles. The normalized spacial score (nSPS) is 17.6. The van der Waals surface area contributed by atoms with E-state index in [4.69, 9.17) is 5.26 Å². The summed E-state index contributed by atoms with van der Waals surface area (Å²) in [5, 5.41) is 8.51. The Morgan fingerprint density at radius 3 is 2.63 bits per heavy atom. The molecule has 19 heavy (non-hydrogen) atoms. The lowest BCUT2D eigenvalue weighted by Gasteiger charge is -2.13. The van der Waals surface area contributed by atoms with Gasteiger partial charge in [-0.15, -0.1) is 0 Å². The first-order valence-corrected chi connectivity index (χ1v) is 7.20. The van der Waals surface area contributed by atoms with E-state index in [1.54, 1.807) is 12.1 Å². The van der Waals surface area contributed by atoms with Crippen LogP contribution in [0, 0.1) is 17.2 Å². The summed E-state index contributed by atoms with van der Waals surface area (Å²) in [5.74, 6) is -2.87. The fourth-order valence-corrected chi connectivity index (χ4v) is 3.39. The molecular formula is C13H12F3NOS. The summed E-state index contributed by atoms with van der Waals surface area (Å²) in [4.78, 5) is 0.380. The van der Waals surface area contributed by atoms with Crippen LogP contribution in [0.5, 0.6) is 0 Å². The molecule has 2 unspecified atom stereocenters. The molecule has 1 aliphatic carbocycles. The maximum Gasteiger partial charge on any atom is 0.405 e. The highest BCUT2D eigenvalue weighted by atomic mass is 32.2. The Labute approximate surface area is 111 Å². The maximum absolute atomic E-state index is 12.5. The first-order chi connectivity index (χ1) is 8.91. The predicted molar refractivity (Wildman–Crippen MR) is 64.9 cm³/mol. The zero-order chi connectivity index (χ0) is 14.0. The van der Waals surface area contributed by atoms with Gasteiger partial charge in [0.2, 0.25) is 0 Å². The molecule has 1 aromatic rings. The molecule has 0 N–H and O–H groups in total. The molecule has 0 fully saturated rings. The number of hydrogen-bond donors (Lipinski definition) is 0. The van der Waals surface area contributed by atoms with Crippen molar-refractivity contribution in [2.24, 2.45) is 5.92 Å². The van der Waals surface area contributed by atoms with Crippen LogP contribution >= 0.6 is 0 Å². The first kappa shape index (κ1) is 14.1. The van der Waals surface area contributed by atoms with Gasteiger partial charge in [-0.3, -0.25) is 4.21 Å². The smallest absolute Gasteiger partial charge is 0.254 e. The van der Waals surface area contributed by atoms with Crippen molar-refractivity contribution in [2.75, 3.05) is 5.75 Å². The van der Waals surface area contributed by atoms with Gasteiger partial charge in [0, 0.05) is 4.90 Å². The molecule has 1 aliphatic rings. The minimum atomic E-state index is -4.62. The zero-order valence-corrected chi connectivity index (χ0v) is 10.9. The molecule has 102 valence electrons. The average molecular weight is 287 g/mol. The summed E-state index contributed by atoms with van der Waals surface area (Å²) in [6.07, 6.45) is -1.76. The molecule has 2 nitrogen and oxygen atoms in total. The summed E-state index contributed by atoms with van der Waals surface area (Å²) >= 11 is 0. The lowest BCUT2D eigenvalue weighted by atomic mass is 10.1. The van der Waals surface area contributed by atoms with E-state index in [2.05, 4.69) is 0 Å². The number of nitrogens with zero attached hydrogens (tertiary/aromatic N) is 1. The first-order valence-electron chi connectivity index (χ1n) is 5.88. The van der Waals surface area contributed by atoms with Crippen molar-refractivity contribution in [3.63, 3.8) is 0 Å². The molecule has 0 aromatic heterocycles. The molecule has 0 saturated carbocycles. The number of nitriles is 1. The Morgan fingerprint density at radius 2 is 2.00 bits per heavy atom. The largest absolute Gasteiger partial charge is 0.405 e. The third-order valence-electron chi connectivity index (χ3n) is 3.20. The number of hydrogen-bond acceptors (Lipinski definition) is 2. The van der Waals surface area contributed by atoms with Gasteiger partial charge in [0.25, 0.3) is 0 Å². The minimum absolute atomic E-state index is 0.380. The van der Waals surface area contributed by atoms with Gasteiger partial charge in [-0.2, -0.15) is 18.4 Å². The van der Waals surface area contributed by atoms with Gasteiger partial charge < -0.3 is 0 Å². The highest BCUT2D eigenvalue weighted by Crippen LogP contribution is 2.29. The monoisotopic (exact) mass is 287 g/mol. The summed E-state index contributed by atoms with van der Waals surface area (Å²) in [7, 11) is -1.79. The Morgan fingerprint density at radius 1 is 1.32 bits per heavy atom. The second-order valence-corrected chi connectivity index (χ2v) is 6.02. The minimum Gasteiger partial charge on any atom is -0.254 e. The molecular weight excluding hydrogens is 275 g/mol. The van der Waals surface area contributed by atoms with Crippen LogP contribution in [-0.4, -0.2) is 16.1 Å². The van der Waals surface area contributed by atoms with Crippen LogP contribution in [0.2, 0.25) is 0 Å². The third-order valence-corrected chi connectivity index (χ3v) is 4.62. The fourth-order valence-electron chi connectivity index (χ4n) is 2.14. The van der Waals surface area contributed by atoms with Crippen LogP contribution in [0.15, 0.2) is 23.1 Å². The topological polar surface area (TPSA) is 40.9 Å². The van der Waals surface area contributed by atoms with Crippen molar-refractivity contribution in [3.05, 3.63) is 29.3 Å². The molecule has 0 heterocycles. The highest BCUT2D eigenvalue weighted by molar-refractivity contribution is 7.85. The Balaban J connectivity index is 2.15. The summed E-state index contributed by atoms with van der Waals surface area (Å²) in [6, 6.07) is 6.31. The van der Waals surface area contributed by atoms with Crippen LogP contribution in [-0.2, 0) is 23.6 Å². The number of aryl methyl sites for hydroxylation is 2. The van der Waals surface area contributed by atoms with Gasteiger partial charge in [-0.1, -0.05) is 6.07 Å². The fraction of sp³-hybridized carbons (Fsp3) is 0.462. The number of fused-ring (bicyclic) bond motifs is 1. The molecule has 0 spiro atoms. The third kappa shape index (κ3) is 3.16. The van der Waals surface area contributed by atoms with E-state index >= 15 is 0 Å². The van der Waals surface area contributed by atoms with Crippen LogP contribution in [0.3, 0.4) is 0 Å². The highest BCUT2D eigenvalue weighted by Gasteiger charge is 2.41. The molecule has 6 heteroatoms. The van der Waals surface area contributed by atoms with E-state index in [0.29, 0.717) is 4.90 Å². The van der Waals surface area contributed by atoms with E-state index in [1.807, 2.05) is 6.07 Å². The van der Waals surface area contributed by atoms with E-state index in [-0.39, 0.29) is 0 Å². The standard InChI is InChI=1S/C13H12F3NOS/c14-13(15,16)11(7-17)8-19(18)12-5-4-9-2-1-3-10(9)6-12/h4-6,11H,1-3,8H2. The molecule has 2 atom stereocenters. The molecule has 1 aromatic carbocycles. The molecule has 0 radical (unpaired) electrons. The number of rotatable bonds is 3. The van der Waals surface area contributed by atoms with Gasteiger partial charge in [0.05, 0.1) is 22.6 Å². The van der Waals surface area contributed by atoms with Crippen molar-refractivity contribution >= 4 is 10.8 Å². The molecule has 0 amide bonds. The van der Waals surface area contributed by atoms with Crippen molar-refractivity contribution in [2.45, 2.75) is 30.3 Å². The molecule has 0 bridgehead atoms. The predicted octanol–water partition coefficient (Wildman–Crippen LogP) is 2.98. The van der Waals surface area contributed by atoms with Crippen molar-refractivity contribution in [3.8, 4) is 6.07 Å². The second kappa shape index (κ2) is 5.33. The molecule has 2 rings (SSSR count). The lowest BCUT2D eigenvalue weighted by Crippen LogP contribution is -2.26. The number of halogens is 3.